The van der Waals surface area contributed by atoms with Gasteiger partial charge in [-0.05, 0) is 30.3 Å². The van der Waals surface area contributed by atoms with E-state index in [0.29, 0.717) is 26.9 Å². The van der Waals surface area contributed by atoms with Crippen LogP contribution >= 0.6 is 23.2 Å². The van der Waals surface area contributed by atoms with Crippen molar-refractivity contribution in [3.63, 3.8) is 0 Å². The van der Waals surface area contributed by atoms with Crippen molar-refractivity contribution in [1.82, 2.24) is 9.78 Å². The van der Waals surface area contributed by atoms with Gasteiger partial charge in [-0.3, -0.25) is 4.68 Å². The van der Waals surface area contributed by atoms with Gasteiger partial charge >= 0.3 is 0 Å². The summed E-state index contributed by atoms with van der Waals surface area (Å²) in [6, 6.07) is 8.58. The average Bonchev–Trinajstić information content (AvgIpc) is 2.99. The van der Waals surface area contributed by atoms with E-state index in [9.17, 15) is 5.11 Å². The molecule has 0 saturated carbocycles. The zero-order valence-corrected chi connectivity index (χ0v) is 13.6. The fourth-order valence-corrected chi connectivity index (χ4v) is 3.49. The number of hydrogen-bond donors (Lipinski definition) is 2. The Morgan fingerprint density at radius 2 is 1.87 bits per heavy atom. The molecular weight excluding hydrogens is 335 g/mol. The molecule has 0 amide bonds. The number of rotatable bonds is 1. The lowest BCUT2D eigenvalue weighted by Crippen LogP contribution is -2.40. The average molecular weight is 347 g/mol. The van der Waals surface area contributed by atoms with E-state index in [2.05, 4.69) is 10.1 Å². The van der Waals surface area contributed by atoms with Crippen molar-refractivity contribution >= 4 is 45.6 Å². The Kier molecular flexibility index (Phi) is 2.97. The van der Waals surface area contributed by atoms with Crippen LogP contribution in [0.5, 0.6) is 0 Å². The molecule has 0 saturated heterocycles. The molecular formula is C16H12Cl2N4O. The van der Waals surface area contributed by atoms with E-state index in [1.165, 1.54) is 0 Å². The summed E-state index contributed by atoms with van der Waals surface area (Å²) >= 11 is 12.3. The molecule has 1 aromatic heterocycles. The Morgan fingerprint density at radius 1 is 1.13 bits per heavy atom. The van der Waals surface area contributed by atoms with Crippen LogP contribution in [0.1, 0.15) is 11.1 Å². The van der Waals surface area contributed by atoms with Crippen LogP contribution in [0.4, 0.5) is 5.69 Å². The lowest BCUT2D eigenvalue weighted by Gasteiger charge is -2.26. The molecule has 7 heteroatoms. The summed E-state index contributed by atoms with van der Waals surface area (Å²) in [7, 11) is 1.80. The second-order valence-corrected chi connectivity index (χ2v) is 6.40. The van der Waals surface area contributed by atoms with Crippen LogP contribution in [-0.2, 0) is 12.6 Å². The minimum Gasteiger partial charge on any atom is -0.384 e. The van der Waals surface area contributed by atoms with Gasteiger partial charge in [0, 0.05) is 33.6 Å². The van der Waals surface area contributed by atoms with Crippen molar-refractivity contribution in [2.45, 2.75) is 5.60 Å². The second kappa shape index (κ2) is 4.71. The highest BCUT2D eigenvalue weighted by atomic mass is 35.5. The SMILES string of the molecule is Cn1ncc2cc(Cl)cc(C3(O)C(N)=Nc4ccc(Cl)cc43)c21. The van der Waals surface area contributed by atoms with Gasteiger partial charge in [0.15, 0.2) is 5.60 Å². The van der Waals surface area contributed by atoms with Crippen molar-refractivity contribution in [3.05, 3.63) is 57.7 Å². The minimum atomic E-state index is -1.60. The summed E-state index contributed by atoms with van der Waals surface area (Å²) < 4.78 is 1.68. The highest BCUT2D eigenvalue weighted by Crippen LogP contribution is 2.45. The molecule has 116 valence electrons. The van der Waals surface area contributed by atoms with Gasteiger partial charge in [-0.1, -0.05) is 23.2 Å². The molecule has 0 fully saturated rings. The molecule has 0 bridgehead atoms. The van der Waals surface area contributed by atoms with E-state index in [4.69, 9.17) is 28.9 Å². The number of aromatic nitrogens is 2. The van der Waals surface area contributed by atoms with Crippen molar-refractivity contribution in [1.29, 1.82) is 0 Å². The zero-order valence-electron chi connectivity index (χ0n) is 12.1. The maximum atomic E-state index is 11.5. The van der Waals surface area contributed by atoms with E-state index in [-0.39, 0.29) is 5.84 Å². The number of aryl methyl sites for hydroxylation is 1. The van der Waals surface area contributed by atoms with Crippen molar-refractivity contribution in [3.8, 4) is 0 Å². The van der Waals surface area contributed by atoms with Crippen molar-refractivity contribution in [2.75, 3.05) is 0 Å². The van der Waals surface area contributed by atoms with Crippen molar-refractivity contribution < 1.29 is 5.11 Å². The Balaban J connectivity index is 2.11. The Bertz CT molecular complexity index is 995. The number of hydrogen-bond acceptors (Lipinski definition) is 4. The van der Waals surface area contributed by atoms with E-state index >= 15 is 0 Å². The van der Waals surface area contributed by atoms with Crippen LogP contribution in [-0.4, -0.2) is 20.7 Å². The predicted octanol–water partition coefficient (Wildman–Crippen LogP) is 3.12. The molecule has 4 rings (SSSR count). The van der Waals surface area contributed by atoms with Crippen molar-refractivity contribution in [2.24, 2.45) is 17.8 Å². The summed E-state index contributed by atoms with van der Waals surface area (Å²) in [5.41, 5.74) is 6.88. The second-order valence-electron chi connectivity index (χ2n) is 5.53. The molecule has 1 aliphatic rings. The number of nitrogens with two attached hydrogens (primary N) is 1. The molecule has 1 unspecified atom stereocenters. The fourth-order valence-electron chi connectivity index (χ4n) is 3.09. The molecule has 23 heavy (non-hydrogen) atoms. The van der Waals surface area contributed by atoms with Crippen LogP contribution in [0.3, 0.4) is 0 Å². The topological polar surface area (TPSA) is 76.4 Å². The van der Waals surface area contributed by atoms with E-state index < -0.39 is 5.60 Å². The molecule has 1 atom stereocenters. The molecule has 2 aromatic carbocycles. The van der Waals surface area contributed by atoms with Gasteiger partial charge in [0.2, 0.25) is 0 Å². The van der Waals surface area contributed by atoms with Crippen LogP contribution < -0.4 is 5.73 Å². The molecule has 0 radical (unpaired) electrons. The maximum Gasteiger partial charge on any atom is 0.176 e. The van der Waals surface area contributed by atoms with Gasteiger partial charge in [-0.15, -0.1) is 0 Å². The number of fused-ring (bicyclic) bond motifs is 2. The molecule has 1 aliphatic heterocycles. The van der Waals surface area contributed by atoms with E-state index in [1.807, 2.05) is 0 Å². The van der Waals surface area contributed by atoms with Crippen LogP contribution in [0.2, 0.25) is 10.0 Å². The summed E-state index contributed by atoms with van der Waals surface area (Å²) in [5.74, 6) is 0.0829. The normalized spacial score (nSPS) is 19.9. The molecule has 0 spiro atoms. The Labute approximate surface area is 142 Å². The van der Waals surface area contributed by atoms with Crippen LogP contribution in [0, 0.1) is 0 Å². The van der Waals surface area contributed by atoms with Gasteiger partial charge in [0.05, 0.1) is 17.4 Å². The smallest absolute Gasteiger partial charge is 0.176 e. The Morgan fingerprint density at radius 3 is 2.65 bits per heavy atom. The highest BCUT2D eigenvalue weighted by molar-refractivity contribution is 6.32. The number of aliphatic imine (C=N–C) groups is 1. The quantitative estimate of drug-likeness (QED) is 0.710. The summed E-state index contributed by atoms with van der Waals surface area (Å²) in [4.78, 5) is 4.29. The third-order valence-corrected chi connectivity index (χ3v) is 4.60. The van der Waals surface area contributed by atoms with E-state index in [0.717, 1.165) is 10.9 Å². The van der Waals surface area contributed by atoms with Gasteiger partial charge in [-0.2, -0.15) is 5.10 Å². The lowest BCUT2D eigenvalue weighted by atomic mass is 9.85. The van der Waals surface area contributed by atoms with Crippen LogP contribution in [0.25, 0.3) is 10.9 Å². The Hall–Kier alpha value is -2.08. The van der Waals surface area contributed by atoms with Gasteiger partial charge in [-0.25, -0.2) is 4.99 Å². The first-order valence-electron chi connectivity index (χ1n) is 6.90. The number of benzene rings is 2. The molecule has 5 nitrogen and oxygen atoms in total. The summed E-state index contributed by atoms with van der Waals surface area (Å²) in [6.45, 7) is 0. The molecule has 3 aromatic rings. The molecule has 0 aliphatic carbocycles. The summed E-state index contributed by atoms with van der Waals surface area (Å²) in [5, 5.41) is 17.5. The van der Waals surface area contributed by atoms with Gasteiger partial charge in [0.1, 0.15) is 5.84 Å². The number of nitrogens with zero attached hydrogens (tertiary/aromatic N) is 3. The maximum absolute atomic E-state index is 11.5. The third kappa shape index (κ3) is 1.91. The fraction of sp³-hybridized carbons (Fsp3) is 0.125. The van der Waals surface area contributed by atoms with Gasteiger partial charge < -0.3 is 10.8 Å². The molecule has 2 heterocycles. The predicted molar refractivity (Wildman–Crippen MR) is 91.5 cm³/mol. The lowest BCUT2D eigenvalue weighted by molar-refractivity contribution is 0.160. The largest absolute Gasteiger partial charge is 0.384 e. The zero-order chi connectivity index (χ0) is 16.4. The first kappa shape index (κ1) is 14.5. The minimum absolute atomic E-state index is 0.0829. The number of aliphatic hydroxyl groups is 1. The van der Waals surface area contributed by atoms with Gasteiger partial charge in [0.25, 0.3) is 0 Å². The highest BCUT2D eigenvalue weighted by Gasteiger charge is 2.44. The summed E-state index contributed by atoms with van der Waals surface area (Å²) in [6.07, 6.45) is 1.69. The van der Waals surface area contributed by atoms with E-state index in [1.54, 1.807) is 48.3 Å². The van der Waals surface area contributed by atoms with Crippen LogP contribution in [0.15, 0.2) is 41.5 Å². The number of amidine groups is 1. The third-order valence-electron chi connectivity index (χ3n) is 4.15. The number of halogens is 2. The first-order chi connectivity index (χ1) is 10.9. The first-order valence-corrected chi connectivity index (χ1v) is 7.65. The molecule has 3 N–H and O–H groups in total. The monoisotopic (exact) mass is 346 g/mol. The standard InChI is InChI=1S/C16H12Cl2N4O/c1-22-14-8(7-20-22)4-10(18)6-12(14)16(23)11-5-9(17)2-3-13(11)21-15(16)19/h2-7,23H,1H3,(H2,19,21).